The molecular weight excluding hydrogens is 300 g/mol. The minimum atomic E-state index is -2.28. The molecule has 0 amide bonds. The lowest BCUT2D eigenvalue weighted by atomic mass is 10.1. The topological polar surface area (TPSA) is 82.2 Å². The Morgan fingerprint density at radius 2 is 1.59 bits per heavy atom. The summed E-state index contributed by atoms with van der Waals surface area (Å²) in [5.41, 5.74) is 0.591. The van der Waals surface area contributed by atoms with Gasteiger partial charge in [-0.1, -0.05) is 42.5 Å². The minimum absolute atomic E-state index is 0.00314. The second-order valence-corrected chi connectivity index (χ2v) is 5.52. The molecule has 0 fully saturated rings. The molecule has 0 aliphatic carbocycles. The van der Waals surface area contributed by atoms with Gasteiger partial charge in [-0.2, -0.15) is 5.11 Å². The zero-order valence-electron chi connectivity index (χ0n) is 11.4. The third-order valence-electron chi connectivity index (χ3n) is 3.17. The first-order valence-corrected chi connectivity index (χ1v) is 7.60. The lowest BCUT2D eigenvalue weighted by Gasteiger charge is -2.07. The highest BCUT2D eigenvalue weighted by Gasteiger charge is 2.16. The van der Waals surface area contributed by atoms with Gasteiger partial charge in [0.1, 0.15) is 5.69 Å². The highest BCUT2D eigenvalue weighted by atomic mass is 32.2. The lowest BCUT2D eigenvalue weighted by molar-refractivity contribution is 0.480. The minimum Gasteiger partial charge on any atom is -0.505 e. The van der Waals surface area contributed by atoms with Crippen LogP contribution in [-0.2, 0) is 11.1 Å². The van der Waals surface area contributed by atoms with Gasteiger partial charge in [-0.15, -0.1) is 5.11 Å². The summed E-state index contributed by atoms with van der Waals surface area (Å²) in [5, 5.41) is 19.6. The molecule has 6 heteroatoms. The molecule has 3 rings (SSSR count). The second-order valence-electron chi connectivity index (χ2n) is 4.58. The number of benzene rings is 3. The molecule has 3 aromatic carbocycles. The van der Waals surface area contributed by atoms with Crippen LogP contribution in [0.3, 0.4) is 0 Å². The van der Waals surface area contributed by atoms with E-state index in [1.165, 1.54) is 6.07 Å². The molecule has 0 saturated heterocycles. The maximum Gasteiger partial charge on any atom is 0.188 e. The van der Waals surface area contributed by atoms with Crippen molar-refractivity contribution in [1.82, 2.24) is 0 Å². The Balaban J connectivity index is 2.19. The van der Waals surface area contributed by atoms with Gasteiger partial charge in [0.2, 0.25) is 0 Å². The second kappa shape index (κ2) is 6.05. The summed E-state index contributed by atoms with van der Waals surface area (Å²) in [5.74, 6) is -0.157. The van der Waals surface area contributed by atoms with Crippen molar-refractivity contribution < 1.29 is 13.9 Å². The van der Waals surface area contributed by atoms with E-state index in [0.29, 0.717) is 16.5 Å². The molecule has 5 nitrogen and oxygen atoms in total. The summed E-state index contributed by atoms with van der Waals surface area (Å²) in [6.45, 7) is 0. The summed E-state index contributed by atoms with van der Waals surface area (Å²) in [4.78, 5) is 0.0240. The fourth-order valence-corrected chi connectivity index (χ4v) is 2.66. The Bertz CT molecular complexity index is 879. The number of azo groups is 1. The van der Waals surface area contributed by atoms with Crippen molar-refractivity contribution in [3.63, 3.8) is 0 Å². The van der Waals surface area contributed by atoms with Crippen LogP contribution in [0.5, 0.6) is 5.75 Å². The van der Waals surface area contributed by atoms with E-state index in [2.05, 4.69) is 10.2 Å². The van der Waals surface area contributed by atoms with Crippen LogP contribution >= 0.6 is 0 Å². The normalized spacial score (nSPS) is 12.8. The van der Waals surface area contributed by atoms with Crippen LogP contribution in [0.2, 0.25) is 0 Å². The highest BCUT2D eigenvalue weighted by molar-refractivity contribution is 7.79. The average Bonchev–Trinajstić information content (AvgIpc) is 2.54. The van der Waals surface area contributed by atoms with E-state index >= 15 is 0 Å². The summed E-state index contributed by atoms with van der Waals surface area (Å²) < 4.78 is 21.0. The number of aromatic hydroxyl groups is 1. The van der Waals surface area contributed by atoms with Gasteiger partial charge in [-0.05, 0) is 23.6 Å². The maximum atomic E-state index is 11.5. The molecule has 110 valence electrons. The van der Waals surface area contributed by atoms with Gasteiger partial charge in [0.25, 0.3) is 0 Å². The fourth-order valence-electron chi connectivity index (χ4n) is 2.12. The first-order valence-electron chi connectivity index (χ1n) is 6.49. The van der Waals surface area contributed by atoms with Crippen molar-refractivity contribution in [2.45, 2.75) is 4.90 Å². The van der Waals surface area contributed by atoms with Crippen LogP contribution < -0.4 is 0 Å². The predicted molar refractivity (Wildman–Crippen MR) is 85.3 cm³/mol. The zero-order valence-corrected chi connectivity index (χ0v) is 12.2. The van der Waals surface area contributed by atoms with Crippen molar-refractivity contribution in [3.05, 3.63) is 60.7 Å². The SMILES string of the molecule is O=S(O)c1cc2ccccc2c(O)c1N=Nc1ccccc1. The molecule has 0 aromatic heterocycles. The smallest absolute Gasteiger partial charge is 0.188 e. The Labute approximate surface area is 129 Å². The Kier molecular flexibility index (Phi) is 3.95. The molecule has 0 heterocycles. The summed E-state index contributed by atoms with van der Waals surface area (Å²) in [7, 11) is 0. The molecule has 0 aliphatic rings. The van der Waals surface area contributed by atoms with E-state index < -0.39 is 11.1 Å². The van der Waals surface area contributed by atoms with Crippen molar-refractivity contribution >= 4 is 33.2 Å². The third-order valence-corrected chi connectivity index (χ3v) is 3.86. The molecule has 1 atom stereocenters. The van der Waals surface area contributed by atoms with Crippen molar-refractivity contribution in [2.75, 3.05) is 0 Å². The lowest BCUT2D eigenvalue weighted by Crippen LogP contribution is -1.90. The van der Waals surface area contributed by atoms with Gasteiger partial charge < -0.3 is 9.66 Å². The average molecular weight is 312 g/mol. The Morgan fingerprint density at radius 1 is 0.909 bits per heavy atom. The van der Waals surface area contributed by atoms with Gasteiger partial charge in [-0.3, -0.25) is 0 Å². The molecule has 1 unspecified atom stereocenters. The van der Waals surface area contributed by atoms with Crippen molar-refractivity contribution in [1.29, 1.82) is 0 Å². The number of rotatable bonds is 3. The van der Waals surface area contributed by atoms with Gasteiger partial charge >= 0.3 is 0 Å². The number of hydrogen-bond acceptors (Lipinski definition) is 4. The van der Waals surface area contributed by atoms with E-state index in [4.69, 9.17) is 0 Å². The molecule has 0 aliphatic heterocycles. The first-order chi connectivity index (χ1) is 10.7. The van der Waals surface area contributed by atoms with E-state index in [-0.39, 0.29) is 16.3 Å². The van der Waals surface area contributed by atoms with Gasteiger partial charge in [0.05, 0.1) is 10.6 Å². The van der Waals surface area contributed by atoms with E-state index in [1.54, 1.807) is 48.5 Å². The van der Waals surface area contributed by atoms with Gasteiger partial charge in [0, 0.05) is 5.39 Å². The predicted octanol–water partition coefficient (Wildman–Crippen LogP) is 4.54. The standard InChI is InChI=1S/C16H12N2O3S/c19-16-13-9-5-4-6-11(13)10-14(22(20)21)15(16)18-17-12-7-2-1-3-8-12/h1-10,19H,(H,20,21). The number of nitrogens with zero attached hydrogens (tertiary/aromatic N) is 2. The van der Waals surface area contributed by atoms with E-state index in [9.17, 15) is 13.9 Å². The summed E-state index contributed by atoms with van der Waals surface area (Å²) >= 11 is -2.28. The number of phenolic OH excluding ortho intramolecular Hbond substituents is 1. The number of fused-ring (bicyclic) bond motifs is 1. The zero-order chi connectivity index (χ0) is 15.5. The monoisotopic (exact) mass is 312 g/mol. The molecule has 3 aromatic rings. The number of hydrogen-bond donors (Lipinski definition) is 2. The first kappa shape index (κ1) is 14.4. The summed E-state index contributed by atoms with van der Waals surface area (Å²) in [6, 6.07) is 17.5. The van der Waals surface area contributed by atoms with Crippen LogP contribution in [0.25, 0.3) is 10.8 Å². The molecule has 2 N–H and O–H groups in total. The van der Waals surface area contributed by atoms with Crippen LogP contribution in [-0.4, -0.2) is 13.9 Å². The quantitative estimate of drug-likeness (QED) is 0.550. The fraction of sp³-hybridized carbons (Fsp3) is 0. The highest BCUT2D eigenvalue weighted by Crippen LogP contribution is 2.40. The molecule has 0 saturated carbocycles. The van der Waals surface area contributed by atoms with Crippen LogP contribution in [0.1, 0.15) is 0 Å². The third kappa shape index (κ3) is 2.74. The van der Waals surface area contributed by atoms with Gasteiger partial charge in [-0.25, -0.2) is 4.21 Å². The summed E-state index contributed by atoms with van der Waals surface area (Å²) in [6.07, 6.45) is 0. The molecule has 0 radical (unpaired) electrons. The van der Waals surface area contributed by atoms with Crippen LogP contribution in [0, 0.1) is 0 Å². The van der Waals surface area contributed by atoms with Gasteiger partial charge in [0.15, 0.2) is 16.8 Å². The Hall–Kier alpha value is -2.57. The number of phenols is 1. The molecule has 0 bridgehead atoms. The van der Waals surface area contributed by atoms with Crippen molar-refractivity contribution in [2.24, 2.45) is 10.2 Å². The molecule has 0 spiro atoms. The molecular formula is C16H12N2O3S. The van der Waals surface area contributed by atoms with E-state index in [0.717, 1.165) is 0 Å². The maximum absolute atomic E-state index is 11.5. The van der Waals surface area contributed by atoms with Crippen LogP contribution in [0.15, 0.2) is 75.8 Å². The van der Waals surface area contributed by atoms with E-state index in [1.807, 2.05) is 6.07 Å². The largest absolute Gasteiger partial charge is 0.505 e. The van der Waals surface area contributed by atoms with Crippen LogP contribution in [0.4, 0.5) is 11.4 Å². The van der Waals surface area contributed by atoms with Crippen molar-refractivity contribution in [3.8, 4) is 5.75 Å². The Morgan fingerprint density at radius 3 is 2.32 bits per heavy atom. The molecule has 22 heavy (non-hydrogen) atoms.